The Morgan fingerprint density at radius 1 is 1.22 bits per heavy atom. The fourth-order valence-corrected chi connectivity index (χ4v) is 1.97. The van der Waals surface area contributed by atoms with Crippen LogP contribution in [0.1, 0.15) is 53.9 Å². The standard InChI is InChI=1S/C14H26N2O2/c1-9(11-6-7-11)8-12(17)15-10(2)13(18)16-14(3,4)5/h9-11H,6-8H2,1-5H3,(H,15,17)(H,16,18). The van der Waals surface area contributed by atoms with E-state index in [1.807, 2.05) is 20.8 Å². The normalized spacial score (nSPS) is 18.9. The van der Waals surface area contributed by atoms with Gasteiger partial charge in [-0.15, -0.1) is 0 Å². The number of hydrogen-bond donors (Lipinski definition) is 2. The Hall–Kier alpha value is -1.06. The second-order valence-corrected chi connectivity index (χ2v) is 6.55. The zero-order valence-corrected chi connectivity index (χ0v) is 12.2. The van der Waals surface area contributed by atoms with Gasteiger partial charge in [-0.05, 0) is 52.4 Å². The fraction of sp³-hybridized carbons (Fsp3) is 0.857. The molecule has 1 fully saturated rings. The molecule has 4 heteroatoms. The number of rotatable bonds is 5. The molecule has 1 aliphatic rings. The van der Waals surface area contributed by atoms with Crippen LogP contribution in [0, 0.1) is 11.8 Å². The van der Waals surface area contributed by atoms with Gasteiger partial charge in [-0.2, -0.15) is 0 Å². The first-order chi connectivity index (χ1) is 8.19. The van der Waals surface area contributed by atoms with Crippen LogP contribution < -0.4 is 10.6 Å². The number of hydrogen-bond acceptors (Lipinski definition) is 2. The highest BCUT2D eigenvalue weighted by Crippen LogP contribution is 2.38. The molecule has 2 N–H and O–H groups in total. The van der Waals surface area contributed by atoms with Crippen molar-refractivity contribution in [2.75, 3.05) is 0 Å². The molecule has 1 rings (SSSR count). The van der Waals surface area contributed by atoms with Crippen LogP contribution in [0.5, 0.6) is 0 Å². The summed E-state index contributed by atoms with van der Waals surface area (Å²) in [5, 5.41) is 5.62. The van der Waals surface area contributed by atoms with E-state index >= 15 is 0 Å². The van der Waals surface area contributed by atoms with Gasteiger partial charge >= 0.3 is 0 Å². The second kappa shape index (κ2) is 5.72. The molecule has 104 valence electrons. The quantitative estimate of drug-likeness (QED) is 0.786. The first kappa shape index (κ1) is 15.0. The molecule has 1 aliphatic carbocycles. The zero-order valence-electron chi connectivity index (χ0n) is 12.2. The molecule has 0 aromatic rings. The molecule has 0 saturated heterocycles. The van der Waals surface area contributed by atoms with Gasteiger partial charge in [0.15, 0.2) is 0 Å². The monoisotopic (exact) mass is 254 g/mol. The summed E-state index contributed by atoms with van der Waals surface area (Å²) >= 11 is 0. The minimum Gasteiger partial charge on any atom is -0.350 e. The molecule has 2 atom stereocenters. The average molecular weight is 254 g/mol. The topological polar surface area (TPSA) is 58.2 Å². The van der Waals surface area contributed by atoms with Crippen LogP contribution in [0.15, 0.2) is 0 Å². The highest BCUT2D eigenvalue weighted by Gasteiger charge is 2.30. The highest BCUT2D eigenvalue weighted by molar-refractivity contribution is 5.87. The van der Waals surface area contributed by atoms with Crippen LogP contribution in [-0.4, -0.2) is 23.4 Å². The summed E-state index contributed by atoms with van der Waals surface area (Å²) in [7, 11) is 0. The van der Waals surface area contributed by atoms with E-state index in [0.29, 0.717) is 12.3 Å². The molecule has 0 radical (unpaired) electrons. The molecule has 2 unspecified atom stereocenters. The van der Waals surface area contributed by atoms with E-state index in [4.69, 9.17) is 0 Å². The SMILES string of the molecule is CC(NC(=O)CC(C)C1CC1)C(=O)NC(C)(C)C. The summed E-state index contributed by atoms with van der Waals surface area (Å²) in [4.78, 5) is 23.6. The minimum absolute atomic E-state index is 0.0223. The molecule has 18 heavy (non-hydrogen) atoms. The first-order valence-electron chi connectivity index (χ1n) is 6.80. The molecule has 0 bridgehead atoms. The van der Waals surface area contributed by atoms with E-state index in [9.17, 15) is 9.59 Å². The van der Waals surface area contributed by atoms with Crippen molar-refractivity contribution in [1.29, 1.82) is 0 Å². The van der Waals surface area contributed by atoms with Crippen molar-refractivity contribution in [3.05, 3.63) is 0 Å². The third-order valence-electron chi connectivity index (χ3n) is 3.20. The summed E-state index contributed by atoms with van der Waals surface area (Å²) in [6, 6.07) is -0.469. The Kier molecular flexibility index (Phi) is 4.77. The van der Waals surface area contributed by atoms with Gasteiger partial charge in [0.25, 0.3) is 0 Å². The van der Waals surface area contributed by atoms with Crippen molar-refractivity contribution in [2.45, 2.75) is 65.5 Å². The molecule has 0 aromatic carbocycles. The van der Waals surface area contributed by atoms with Crippen molar-refractivity contribution >= 4 is 11.8 Å². The largest absolute Gasteiger partial charge is 0.350 e. The van der Waals surface area contributed by atoms with E-state index in [1.54, 1.807) is 6.92 Å². The van der Waals surface area contributed by atoms with Gasteiger partial charge < -0.3 is 10.6 Å². The number of nitrogens with one attached hydrogen (secondary N) is 2. The second-order valence-electron chi connectivity index (χ2n) is 6.55. The molecule has 0 aliphatic heterocycles. The van der Waals surface area contributed by atoms with Gasteiger partial charge in [-0.1, -0.05) is 6.92 Å². The molecule has 0 spiro atoms. The van der Waals surface area contributed by atoms with Crippen LogP contribution in [0.2, 0.25) is 0 Å². The van der Waals surface area contributed by atoms with E-state index in [1.165, 1.54) is 12.8 Å². The first-order valence-corrected chi connectivity index (χ1v) is 6.80. The third kappa shape index (κ3) is 5.52. The van der Waals surface area contributed by atoms with Crippen LogP contribution >= 0.6 is 0 Å². The average Bonchev–Trinajstić information content (AvgIpc) is 2.96. The molecule has 4 nitrogen and oxygen atoms in total. The highest BCUT2D eigenvalue weighted by atomic mass is 16.2. The van der Waals surface area contributed by atoms with Gasteiger partial charge in [0.1, 0.15) is 6.04 Å². The van der Waals surface area contributed by atoms with Crippen molar-refractivity contribution in [3.63, 3.8) is 0 Å². The smallest absolute Gasteiger partial charge is 0.242 e. The van der Waals surface area contributed by atoms with Gasteiger partial charge in [-0.3, -0.25) is 9.59 Å². The lowest BCUT2D eigenvalue weighted by molar-refractivity contribution is -0.129. The number of carbonyl (C=O) groups is 2. The summed E-state index contributed by atoms with van der Waals surface area (Å²) in [6.07, 6.45) is 3.01. The lowest BCUT2D eigenvalue weighted by Crippen LogP contribution is -2.51. The number of carbonyl (C=O) groups excluding carboxylic acids is 2. The van der Waals surface area contributed by atoms with Crippen molar-refractivity contribution < 1.29 is 9.59 Å². The lowest BCUT2D eigenvalue weighted by Gasteiger charge is -2.24. The van der Waals surface area contributed by atoms with Gasteiger partial charge in [0.05, 0.1) is 0 Å². The maximum atomic E-state index is 11.8. The number of amides is 2. The van der Waals surface area contributed by atoms with Crippen LogP contribution in [-0.2, 0) is 9.59 Å². The Labute approximate surface area is 110 Å². The maximum Gasteiger partial charge on any atom is 0.242 e. The minimum atomic E-state index is -0.469. The Bertz CT molecular complexity index is 316. The van der Waals surface area contributed by atoms with Crippen LogP contribution in [0.4, 0.5) is 0 Å². The van der Waals surface area contributed by atoms with Crippen molar-refractivity contribution in [2.24, 2.45) is 11.8 Å². The molecular formula is C14H26N2O2. The molecule has 2 amide bonds. The van der Waals surface area contributed by atoms with Gasteiger partial charge in [0, 0.05) is 12.0 Å². The van der Waals surface area contributed by atoms with Crippen molar-refractivity contribution in [1.82, 2.24) is 10.6 Å². The lowest BCUT2D eigenvalue weighted by atomic mass is 10.0. The predicted molar refractivity (Wildman–Crippen MR) is 72.0 cm³/mol. The summed E-state index contributed by atoms with van der Waals surface area (Å²) < 4.78 is 0. The van der Waals surface area contributed by atoms with Crippen molar-refractivity contribution in [3.8, 4) is 0 Å². The van der Waals surface area contributed by atoms with E-state index in [0.717, 1.165) is 5.92 Å². The molecule has 0 aromatic heterocycles. The predicted octanol–water partition coefficient (Wildman–Crippen LogP) is 1.84. The molecule has 1 saturated carbocycles. The third-order valence-corrected chi connectivity index (χ3v) is 3.20. The van der Waals surface area contributed by atoms with E-state index in [2.05, 4.69) is 17.6 Å². The molecular weight excluding hydrogens is 228 g/mol. The Morgan fingerprint density at radius 2 is 1.78 bits per heavy atom. The van der Waals surface area contributed by atoms with Gasteiger partial charge in [0.2, 0.25) is 11.8 Å². The summed E-state index contributed by atoms with van der Waals surface area (Å²) in [5.41, 5.74) is -0.266. The summed E-state index contributed by atoms with van der Waals surface area (Å²) in [6.45, 7) is 9.61. The maximum absolute atomic E-state index is 11.8. The summed E-state index contributed by atoms with van der Waals surface area (Å²) in [5.74, 6) is 0.998. The molecule has 0 heterocycles. The van der Waals surface area contributed by atoms with Crippen LogP contribution in [0.25, 0.3) is 0 Å². The Morgan fingerprint density at radius 3 is 2.22 bits per heavy atom. The van der Waals surface area contributed by atoms with Gasteiger partial charge in [-0.25, -0.2) is 0 Å². The zero-order chi connectivity index (χ0) is 13.9. The van der Waals surface area contributed by atoms with Crippen LogP contribution in [0.3, 0.4) is 0 Å². The Balaban J connectivity index is 2.31. The fourth-order valence-electron chi connectivity index (χ4n) is 1.97. The van der Waals surface area contributed by atoms with E-state index < -0.39 is 6.04 Å². The van der Waals surface area contributed by atoms with E-state index in [-0.39, 0.29) is 17.4 Å².